The molecule has 2 aromatic heterocycles. The Morgan fingerprint density at radius 1 is 1.09 bits per heavy atom. The van der Waals surface area contributed by atoms with E-state index in [1.54, 1.807) is 21.6 Å². The smallest absolute Gasteiger partial charge is 0.267 e. The van der Waals surface area contributed by atoms with E-state index in [2.05, 4.69) is 11.8 Å². The Morgan fingerprint density at radius 2 is 1.82 bits per heavy atom. The predicted molar refractivity (Wildman–Crippen MR) is 146 cm³/mol. The number of aromatic nitrogens is 2. The molecular weight excluding hydrogens is 464 g/mol. The van der Waals surface area contributed by atoms with Crippen molar-refractivity contribution in [2.75, 3.05) is 24.5 Å². The number of thioether (sulfide) groups is 1. The normalized spacial score (nSPS) is 18.0. The Hall–Kier alpha value is -2.19. The van der Waals surface area contributed by atoms with E-state index < -0.39 is 0 Å². The molecule has 0 aliphatic carbocycles. The Bertz CT molecular complexity index is 1150. The number of piperidine rings is 1. The summed E-state index contributed by atoms with van der Waals surface area (Å²) in [4.78, 5) is 36.1. The minimum atomic E-state index is -0.143. The number of carbonyl (C=O) groups is 1. The van der Waals surface area contributed by atoms with Gasteiger partial charge >= 0.3 is 0 Å². The summed E-state index contributed by atoms with van der Waals surface area (Å²) in [6.07, 6.45) is 13.8. The lowest BCUT2D eigenvalue weighted by molar-refractivity contribution is -0.122. The van der Waals surface area contributed by atoms with Crippen molar-refractivity contribution in [2.24, 2.45) is 0 Å². The number of anilines is 1. The van der Waals surface area contributed by atoms with Crippen LogP contribution in [0.3, 0.4) is 0 Å². The van der Waals surface area contributed by atoms with Crippen LogP contribution in [0.25, 0.3) is 11.7 Å². The summed E-state index contributed by atoms with van der Waals surface area (Å²) >= 11 is 6.83. The third-order valence-corrected chi connectivity index (χ3v) is 7.98. The second-order valence-electron chi connectivity index (χ2n) is 9.19. The van der Waals surface area contributed by atoms with Crippen molar-refractivity contribution in [2.45, 2.75) is 71.6 Å². The summed E-state index contributed by atoms with van der Waals surface area (Å²) in [6.45, 7) is 6.56. The van der Waals surface area contributed by atoms with Gasteiger partial charge in [-0.1, -0.05) is 69.1 Å². The molecule has 4 heterocycles. The van der Waals surface area contributed by atoms with Crippen molar-refractivity contribution >= 4 is 51.7 Å². The number of amides is 1. The minimum Gasteiger partial charge on any atom is -0.356 e. The lowest BCUT2D eigenvalue weighted by Crippen LogP contribution is -2.34. The number of unbranched alkanes of at least 4 members (excludes halogenated alkanes) is 5. The molecule has 2 aliphatic heterocycles. The Labute approximate surface area is 211 Å². The van der Waals surface area contributed by atoms with Gasteiger partial charge in [0.1, 0.15) is 15.8 Å². The van der Waals surface area contributed by atoms with Crippen molar-refractivity contribution in [1.29, 1.82) is 0 Å². The lowest BCUT2D eigenvalue weighted by Gasteiger charge is -2.29. The number of pyridine rings is 1. The van der Waals surface area contributed by atoms with Crippen LogP contribution in [0.4, 0.5) is 5.82 Å². The fraction of sp³-hybridized carbons (Fsp3) is 0.538. The van der Waals surface area contributed by atoms with E-state index in [0.717, 1.165) is 44.3 Å². The Morgan fingerprint density at radius 3 is 2.59 bits per heavy atom. The molecule has 0 aromatic carbocycles. The van der Waals surface area contributed by atoms with Crippen LogP contribution in [0.1, 0.15) is 75.8 Å². The van der Waals surface area contributed by atoms with E-state index in [0.29, 0.717) is 32.8 Å². The van der Waals surface area contributed by atoms with Gasteiger partial charge in [0.15, 0.2) is 0 Å². The first-order chi connectivity index (χ1) is 16.5. The Balaban J connectivity index is 1.63. The van der Waals surface area contributed by atoms with Gasteiger partial charge in [0.05, 0.1) is 10.5 Å². The number of hydrogen-bond donors (Lipinski definition) is 0. The number of hydrogen-bond acceptors (Lipinski definition) is 6. The van der Waals surface area contributed by atoms with Gasteiger partial charge in [0.25, 0.3) is 11.5 Å². The summed E-state index contributed by atoms with van der Waals surface area (Å²) in [7, 11) is 0. The van der Waals surface area contributed by atoms with Gasteiger partial charge in [-0.05, 0) is 50.3 Å². The van der Waals surface area contributed by atoms with Gasteiger partial charge in [-0.15, -0.1) is 0 Å². The van der Waals surface area contributed by atoms with Crippen LogP contribution in [-0.2, 0) is 4.79 Å². The van der Waals surface area contributed by atoms with E-state index in [-0.39, 0.29) is 11.5 Å². The van der Waals surface area contributed by atoms with Crippen molar-refractivity contribution in [3.8, 4) is 0 Å². The summed E-state index contributed by atoms with van der Waals surface area (Å²) in [5.74, 6) is 0.585. The van der Waals surface area contributed by atoms with Gasteiger partial charge < -0.3 is 4.90 Å². The molecule has 0 unspecified atom stereocenters. The number of nitrogens with zero attached hydrogens (tertiary/aromatic N) is 4. The molecule has 182 valence electrons. The zero-order chi connectivity index (χ0) is 24.1. The van der Waals surface area contributed by atoms with Crippen LogP contribution in [0.5, 0.6) is 0 Å². The van der Waals surface area contributed by atoms with Gasteiger partial charge in [-0.2, -0.15) is 0 Å². The highest BCUT2D eigenvalue weighted by Crippen LogP contribution is 2.34. The molecule has 0 saturated carbocycles. The van der Waals surface area contributed by atoms with Crippen molar-refractivity contribution < 1.29 is 4.79 Å². The largest absolute Gasteiger partial charge is 0.356 e. The monoisotopic (exact) mass is 498 g/mol. The first-order valence-corrected chi connectivity index (χ1v) is 13.8. The maximum atomic E-state index is 13.6. The fourth-order valence-electron chi connectivity index (χ4n) is 4.65. The van der Waals surface area contributed by atoms with Gasteiger partial charge in [0.2, 0.25) is 0 Å². The molecule has 8 heteroatoms. The third kappa shape index (κ3) is 5.38. The van der Waals surface area contributed by atoms with Crippen molar-refractivity contribution in [3.63, 3.8) is 0 Å². The maximum Gasteiger partial charge on any atom is 0.267 e. The van der Waals surface area contributed by atoms with E-state index in [1.165, 1.54) is 43.9 Å². The van der Waals surface area contributed by atoms with Crippen LogP contribution >= 0.6 is 24.0 Å². The second-order valence-corrected chi connectivity index (χ2v) is 10.9. The molecule has 2 fully saturated rings. The maximum absolute atomic E-state index is 13.6. The number of rotatable bonds is 9. The molecule has 2 saturated heterocycles. The van der Waals surface area contributed by atoms with Gasteiger partial charge in [-0.25, -0.2) is 4.98 Å². The Kier molecular flexibility index (Phi) is 8.42. The average Bonchev–Trinajstić information content (AvgIpc) is 3.11. The highest BCUT2D eigenvalue weighted by Gasteiger charge is 2.32. The zero-order valence-electron chi connectivity index (χ0n) is 20.2. The summed E-state index contributed by atoms with van der Waals surface area (Å²) < 4.78 is 2.17. The lowest BCUT2D eigenvalue weighted by atomic mass is 10.1. The average molecular weight is 499 g/mol. The van der Waals surface area contributed by atoms with Crippen LogP contribution in [-0.4, -0.2) is 44.1 Å². The van der Waals surface area contributed by atoms with Gasteiger partial charge in [0, 0.05) is 25.8 Å². The molecule has 2 aliphatic rings. The third-order valence-electron chi connectivity index (χ3n) is 6.60. The topological polar surface area (TPSA) is 57.9 Å². The van der Waals surface area contributed by atoms with Crippen molar-refractivity contribution in [3.05, 3.63) is 44.7 Å². The van der Waals surface area contributed by atoms with E-state index in [1.807, 2.05) is 19.1 Å². The summed E-state index contributed by atoms with van der Waals surface area (Å²) in [5, 5.41) is 0. The first-order valence-electron chi connectivity index (χ1n) is 12.5. The predicted octanol–water partition coefficient (Wildman–Crippen LogP) is 5.55. The van der Waals surface area contributed by atoms with Crippen molar-refractivity contribution in [1.82, 2.24) is 14.3 Å². The summed E-state index contributed by atoms with van der Waals surface area (Å²) in [6, 6.07) is 3.82. The van der Waals surface area contributed by atoms with E-state index in [9.17, 15) is 9.59 Å². The highest BCUT2D eigenvalue weighted by atomic mass is 32.2. The van der Waals surface area contributed by atoms with Crippen LogP contribution in [0.2, 0.25) is 0 Å². The molecule has 0 atom stereocenters. The molecule has 34 heavy (non-hydrogen) atoms. The second kappa shape index (κ2) is 11.5. The van der Waals surface area contributed by atoms with E-state index >= 15 is 0 Å². The molecule has 0 N–H and O–H groups in total. The molecule has 1 amide bonds. The van der Waals surface area contributed by atoms with Gasteiger partial charge in [-0.3, -0.25) is 18.9 Å². The standard InChI is InChI=1S/C26H34N4O2S2/c1-3-4-5-6-7-11-16-30-25(32)21(34-26(30)33)18-20-23(28-14-9-8-10-15-28)27-22-19(2)13-12-17-29(22)24(20)31/h12-13,17-18H,3-11,14-16H2,1-2H3/b21-18+. The fourth-order valence-corrected chi connectivity index (χ4v) is 5.94. The zero-order valence-corrected chi connectivity index (χ0v) is 21.8. The molecular formula is C26H34N4O2S2. The SMILES string of the molecule is CCCCCCCCN1C(=O)/C(=C\c2c(N3CCCCC3)nc3c(C)cccn3c2=O)SC1=S. The summed E-state index contributed by atoms with van der Waals surface area (Å²) in [5.41, 5.74) is 1.95. The number of fused-ring (bicyclic) bond motifs is 1. The number of aryl methyl sites for hydroxylation is 1. The minimum absolute atomic E-state index is 0.0955. The molecule has 0 radical (unpaired) electrons. The quantitative estimate of drug-likeness (QED) is 0.256. The van der Waals surface area contributed by atoms with Crippen LogP contribution in [0.15, 0.2) is 28.0 Å². The molecule has 0 bridgehead atoms. The molecule has 4 rings (SSSR count). The first kappa shape index (κ1) is 24.9. The highest BCUT2D eigenvalue weighted by molar-refractivity contribution is 8.26. The number of thiocarbonyl (C=S) groups is 1. The van der Waals surface area contributed by atoms with Crippen LogP contribution in [0, 0.1) is 6.92 Å². The molecule has 2 aromatic rings. The van der Waals surface area contributed by atoms with Crippen LogP contribution < -0.4 is 10.5 Å². The van der Waals surface area contributed by atoms with E-state index in [4.69, 9.17) is 17.2 Å². The number of carbonyl (C=O) groups excluding carboxylic acids is 1. The molecule has 0 spiro atoms. The molecule has 6 nitrogen and oxygen atoms in total.